The van der Waals surface area contributed by atoms with Crippen LogP contribution in [0, 0.1) is 0 Å². The van der Waals surface area contributed by atoms with Gasteiger partial charge in [0.1, 0.15) is 0 Å². The molecule has 2 rings (SSSR count). The maximum Gasteiger partial charge on any atom is 0.315 e. The minimum Gasteiger partial charge on any atom is -0.388 e. The van der Waals surface area contributed by atoms with Gasteiger partial charge in [0.25, 0.3) is 0 Å². The van der Waals surface area contributed by atoms with Gasteiger partial charge in [-0.1, -0.05) is 49.9 Å². The van der Waals surface area contributed by atoms with Gasteiger partial charge in [-0.2, -0.15) is 0 Å². The molecule has 1 aliphatic rings. The molecule has 0 unspecified atom stereocenters. The van der Waals surface area contributed by atoms with E-state index in [4.69, 9.17) is 4.74 Å². The Morgan fingerprint density at radius 1 is 1.12 bits per heavy atom. The summed E-state index contributed by atoms with van der Waals surface area (Å²) in [5, 5.41) is 16.3. The number of aliphatic hydroxyl groups is 1. The molecule has 0 heterocycles. The molecule has 1 aliphatic carbocycles. The van der Waals surface area contributed by atoms with Crippen molar-refractivity contribution < 1.29 is 14.6 Å². The minimum atomic E-state index is -0.749. The van der Waals surface area contributed by atoms with Crippen molar-refractivity contribution >= 4 is 6.03 Å². The molecule has 24 heavy (non-hydrogen) atoms. The zero-order valence-corrected chi connectivity index (χ0v) is 14.6. The fourth-order valence-corrected chi connectivity index (χ4v) is 3.13. The van der Waals surface area contributed by atoms with Crippen LogP contribution in [-0.4, -0.2) is 29.9 Å². The Morgan fingerprint density at radius 2 is 1.79 bits per heavy atom. The molecule has 1 fully saturated rings. The molecule has 3 N–H and O–H groups in total. The first-order chi connectivity index (χ1) is 11.6. The quantitative estimate of drug-likeness (QED) is 0.671. The summed E-state index contributed by atoms with van der Waals surface area (Å²) in [6.45, 7) is 3.95. The maximum atomic E-state index is 12.0. The Balaban J connectivity index is 1.78. The summed E-state index contributed by atoms with van der Waals surface area (Å²) in [7, 11) is 0. The molecule has 0 spiro atoms. The third kappa shape index (κ3) is 6.13. The van der Waals surface area contributed by atoms with Crippen LogP contribution >= 0.6 is 0 Å². The number of carbonyl (C=O) groups is 1. The number of benzene rings is 1. The van der Waals surface area contributed by atoms with Gasteiger partial charge in [-0.05, 0) is 30.9 Å². The summed E-state index contributed by atoms with van der Waals surface area (Å²) in [4.78, 5) is 12.0. The Hall–Kier alpha value is -1.59. The summed E-state index contributed by atoms with van der Waals surface area (Å²) in [5.41, 5.74) is 1.39. The van der Waals surface area contributed by atoms with Crippen LogP contribution in [0.2, 0.25) is 0 Å². The lowest BCUT2D eigenvalue weighted by atomic mass is 9.95. The van der Waals surface area contributed by atoms with E-state index in [0.717, 1.165) is 36.8 Å². The standard InChI is InChI=1S/C19H30N2O3/c1-2-24-14-17-10-6-5-9-16(17)13-20-18(22)21-15-19(23)11-7-3-4-8-12-19/h5-6,9-10,23H,2-4,7-8,11-15H2,1H3,(H2,20,21,22). The van der Waals surface area contributed by atoms with Crippen LogP contribution in [0.5, 0.6) is 0 Å². The Bertz CT molecular complexity index is 511. The Kier molecular flexibility index (Phi) is 7.53. The molecule has 134 valence electrons. The van der Waals surface area contributed by atoms with E-state index in [1.165, 1.54) is 12.8 Å². The van der Waals surface area contributed by atoms with E-state index in [-0.39, 0.29) is 6.03 Å². The van der Waals surface area contributed by atoms with Gasteiger partial charge in [-0.15, -0.1) is 0 Å². The third-order valence-corrected chi connectivity index (χ3v) is 4.63. The number of hydrogen-bond donors (Lipinski definition) is 3. The molecule has 0 bridgehead atoms. The van der Waals surface area contributed by atoms with Crippen LogP contribution in [0.25, 0.3) is 0 Å². The largest absolute Gasteiger partial charge is 0.388 e. The van der Waals surface area contributed by atoms with Crippen molar-refractivity contribution in [1.82, 2.24) is 10.6 Å². The molecule has 0 saturated heterocycles. The van der Waals surface area contributed by atoms with Gasteiger partial charge in [0.15, 0.2) is 0 Å². The lowest BCUT2D eigenvalue weighted by Gasteiger charge is -2.26. The number of nitrogens with one attached hydrogen (secondary N) is 2. The average Bonchev–Trinajstić information content (AvgIpc) is 2.82. The van der Waals surface area contributed by atoms with E-state index in [2.05, 4.69) is 10.6 Å². The van der Waals surface area contributed by atoms with Crippen molar-refractivity contribution in [3.05, 3.63) is 35.4 Å². The van der Waals surface area contributed by atoms with E-state index in [1.54, 1.807) is 0 Å². The smallest absolute Gasteiger partial charge is 0.315 e. The molecular formula is C19H30N2O3. The van der Waals surface area contributed by atoms with E-state index >= 15 is 0 Å². The first-order valence-electron chi connectivity index (χ1n) is 9.01. The first kappa shape index (κ1) is 18.7. The summed E-state index contributed by atoms with van der Waals surface area (Å²) < 4.78 is 5.46. The highest BCUT2D eigenvalue weighted by Crippen LogP contribution is 2.26. The van der Waals surface area contributed by atoms with Gasteiger partial charge in [-0.25, -0.2) is 4.79 Å². The molecule has 5 nitrogen and oxygen atoms in total. The number of carbonyl (C=O) groups excluding carboxylic acids is 1. The Labute approximate surface area is 144 Å². The van der Waals surface area contributed by atoms with Crippen molar-refractivity contribution in [3.8, 4) is 0 Å². The molecule has 0 radical (unpaired) electrons. The van der Waals surface area contributed by atoms with Gasteiger partial charge < -0.3 is 20.5 Å². The zero-order chi connectivity index (χ0) is 17.3. The molecule has 0 aliphatic heterocycles. The van der Waals surface area contributed by atoms with Crippen LogP contribution < -0.4 is 10.6 Å². The Morgan fingerprint density at radius 3 is 2.46 bits per heavy atom. The van der Waals surface area contributed by atoms with Crippen LogP contribution in [-0.2, 0) is 17.9 Å². The summed E-state index contributed by atoms with van der Waals surface area (Å²) >= 11 is 0. The number of hydrogen-bond acceptors (Lipinski definition) is 3. The number of rotatable bonds is 7. The molecule has 1 aromatic rings. The predicted molar refractivity (Wildman–Crippen MR) is 94.7 cm³/mol. The zero-order valence-electron chi connectivity index (χ0n) is 14.6. The SMILES string of the molecule is CCOCc1ccccc1CNC(=O)NCC1(O)CCCCCC1. The first-order valence-corrected chi connectivity index (χ1v) is 9.01. The van der Waals surface area contributed by atoms with E-state index in [1.807, 2.05) is 31.2 Å². The van der Waals surface area contributed by atoms with Crippen molar-refractivity contribution in [2.75, 3.05) is 13.2 Å². The van der Waals surface area contributed by atoms with Gasteiger partial charge in [0, 0.05) is 19.7 Å². The summed E-state index contributed by atoms with van der Waals surface area (Å²) in [6, 6.07) is 7.70. The monoisotopic (exact) mass is 334 g/mol. The number of ether oxygens (including phenoxy) is 1. The molecule has 2 amide bonds. The van der Waals surface area contributed by atoms with Gasteiger partial charge in [0.05, 0.1) is 12.2 Å². The third-order valence-electron chi connectivity index (χ3n) is 4.63. The van der Waals surface area contributed by atoms with Gasteiger partial charge in [-0.3, -0.25) is 0 Å². The molecule has 0 atom stereocenters. The lowest BCUT2D eigenvalue weighted by molar-refractivity contribution is 0.0276. The second kappa shape index (κ2) is 9.64. The molecule has 5 heteroatoms. The van der Waals surface area contributed by atoms with Crippen molar-refractivity contribution in [2.24, 2.45) is 0 Å². The molecular weight excluding hydrogens is 304 g/mol. The van der Waals surface area contributed by atoms with Crippen LogP contribution in [0.4, 0.5) is 4.79 Å². The molecule has 1 aromatic carbocycles. The minimum absolute atomic E-state index is 0.237. The highest BCUT2D eigenvalue weighted by atomic mass is 16.5. The molecule has 0 aromatic heterocycles. The fraction of sp³-hybridized carbons (Fsp3) is 0.632. The topological polar surface area (TPSA) is 70.6 Å². The lowest BCUT2D eigenvalue weighted by Crippen LogP contribution is -2.46. The fourth-order valence-electron chi connectivity index (χ4n) is 3.13. The number of amides is 2. The van der Waals surface area contributed by atoms with E-state index in [0.29, 0.717) is 26.3 Å². The van der Waals surface area contributed by atoms with Crippen LogP contribution in [0.1, 0.15) is 56.6 Å². The predicted octanol–water partition coefficient (Wildman–Crippen LogP) is 3.11. The summed E-state index contributed by atoms with van der Waals surface area (Å²) in [6.07, 6.45) is 5.94. The van der Waals surface area contributed by atoms with Crippen molar-refractivity contribution in [3.63, 3.8) is 0 Å². The van der Waals surface area contributed by atoms with E-state index < -0.39 is 5.60 Å². The second-order valence-corrected chi connectivity index (χ2v) is 6.58. The second-order valence-electron chi connectivity index (χ2n) is 6.58. The van der Waals surface area contributed by atoms with Gasteiger partial charge >= 0.3 is 6.03 Å². The van der Waals surface area contributed by atoms with Crippen LogP contribution in [0.15, 0.2) is 24.3 Å². The van der Waals surface area contributed by atoms with Crippen molar-refractivity contribution in [2.45, 2.75) is 64.2 Å². The maximum absolute atomic E-state index is 12.0. The normalized spacial score (nSPS) is 17.1. The van der Waals surface area contributed by atoms with Gasteiger partial charge in [0.2, 0.25) is 0 Å². The highest BCUT2D eigenvalue weighted by molar-refractivity contribution is 5.73. The van der Waals surface area contributed by atoms with Crippen LogP contribution in [0.3, 0.4) is 0 Å². The number of urea groups is 1. The highest BCUT2D eigenvalue weighted by Gasteiger charge is 2.28. The summed E-state index contributed by atoms with van der Waals surface area (Å²) in [5.74, 6) is 0. The van der Waals surface area contributed by atoms with Crippen molar-refractivity contribution in [1.29, 1.82) is 0 Å². The molecule has 1 saturated carbocycles. The average molecular weight is 334 g/mol. The van der Waals surface area contributed by atoms with E-state index in [9.17, 15) is 9.90 Å².